The van der Waals surface area contributed by atoms with Crippen molar-refractivity contribution in [3.8, 4) is 17.7 Å². The predicted octanol–water partition coefficient (Wildman–Crippen LogP) is 3.49. The number of methoxy groups -OCH3 is 1. The standard InChI is InChI=1S/C21H21N3O4/c1-15(21(25)26-2)24-9-8-17-12-18(5-6-19(17)24)27-10-3-11-28-20-7-4-16(13-22)14-23-20/h4-9,12,14-15H,3,10-11H2,1-2H3. The molecule has 0 aliphatic heterocycles. The van der Waals surface area contributed by atoms with Crippen LogP contribution in [-0.2, 0) is 9.53 Å². The highest BCUT2D eigenvalue weighted by molar-refractivity contribution is 5.84. The Morgan fingerprint density at radius 2 is 2.04 bits per heavy atom. The molecule has 0 aliphatic carbocycles. The van der Waals surface area contributed by atoms with Crippen molar-refractivity contribution < 1.29 is 19.0 Å². The van der Waals surface area contributed by atoms with Crippen LogP contribution in [0.2, 0.25) is 0 Å². The van der Waals surface area contributed by atoms with Gasteiger partial charge in [-0.1, -0.05) is 0 Å². The maximum atomic E-state index is 11.8. The first-order valence-corrected chi connectivity index (χ1v) is 8.92. The SMILES string of the molecule is COC(=O)C(C)n1ccc2cc(OCCCOc3ccc(C#N)cn3)ccc21. The molecule has 0 amide bonds. The van der Waals surface area contributed by atoms with Crippen LogP contribution in [0.15, 0.2) is 48.8 Å². The van der Waals surface area contributed by atoms with Crippen molar-refractivity contribution in [2.45, 2.75) is 19.4 Å². The Labute approximate surface area is 163 Å². The van der Waals surface area contributed by atoms with E-state index < -0.39 is 0 Å². The quantitative estimate of drug-likeness (QED) is 0.440. The Morgan fingerprint density at radius 3 is 2.75 bits per heavy atom. The third-order valence-corrected chi connectivity index (χ3v) is 4.32. The van der Waals surface area contributed by atoms with E-state index in [1.165, 1.54) is 13.3 Å². The van der Waals surface area contributed by atoms with E-state index in [0.29, 0.717) is 31.1 Å². The highest BCUT2D eigenvalue weighted by Gasteiger charge is 2.16. The van der Waals surface area contributed by atoms with Crippen LogP contribution in [-0.4, -0.2) is 35.8 Å². The molecule has 28 heavy (non-hydrogen) atoms. The summed E-state index contributed by atoms with van der Waals surface area (Å²) in [5, 5.41) is 9.74. The molecular weight excluding hydrogens is 358 g/mol. The number of benzene rings is 1. The van der Waals surface area contributed by atoms with Crippen molar-refractivity contribution in [2.24, 2.45) is 0 Å². The summed E-state index contributed by atoms with van der Waals surface area (Å²) in [5.41, 5.74) is 1.45. The molecule has 2 aromatic heterocycles. The van der Waals surface area contributed by atoms with E-state index >= 15 is 0 Å². The lowest BCUT2D eigenvalue weighted by molar-refractivity contribution is -0.143. The average molecular weight is 379 g/mol. The van der Waals surface area contributed by atoms with Crippen molar-refractivity contribution >= 4 is 16.9 Å². The van der Waals surface area contributed by atoms with E-state index in [4.69, 9.17) is 19.5 Å². The highest BCUT2D eigenvalue weighted by atomic mass is 16.5. The van der Waals surface area contributed by atoms with Crippen LogP contribution in [0.1, 0.15) is 24.9 Å². The minimum Gasteiger partial charge on any atom is -0.493 e. The molecule has 3 rings (SSSR count). The number of aromatic nitrogens is 2. The highest BCUT2D eigenvalue weighted by Crippen LogP contribution is 2.25. The second kappa shape index (κ2) is 8.91. The van der Waals surface area contributed by atoms with Crippen LogP contribution in [0.5, 0.6) is 11.6 Å². The number of esters is 1. The third kappa shape index (κ3) is 4.41. The van der Waals surface area contributed by atoms with Gasteiger partial charge in [0.05, 0.1) is 25.9 Å². The lowest BCUT2D eigenvalue weighted by Gasteiger charge is -2.13. The summed E-state index contributed by atoms with van der Waals surface area (Å²) in [6.45, 7) is 2.77. The van der Waals surface area contributed by atoms with Gasteiger partial charge < -0.3 is 18.8 Å². The van der Waals surface area contributed by atoms with Gasteiger partial charge >= 0.3 is 5.97 Å². The van der Waals surface area contributed by atoms with Gasteiger partial charge in [0.1, 0.15) is 17.9 Å². The van der Waals surface area contributed by atoms with Crippen LogP contribution >= 0.6 is 0 Å². The van der Waals surface area contributed by atoms with Gasteiger partial charge in [-0.15, -0.1) is 0 Å². The second-order valence-corrected chi connectivity index (χ2v) is 6.19. The fraction of sp³-hybridized carbons (Fsp3) is 0.286. The fourth-order valence-corrected chi connectivity index (χ4v) is 2.81. The molecule has 0 saturated carbocycles. The Balaban J connectivity index is 1.51. The van der Waals surface area contributed by atoms with Crippen LogP contribution < -0.4 is 9.47 Å². The fourth-order valence-electron chi connectivity index (χ4n) is 2.81. The largest absolute Gasteiger partial charge is 0.493 e. The van der Waals surface area contributed by atoms with E-state index in [2.05, 4.69) is 4.98 Å². The predicted molar refractivity (Wildman–Crippen MR) is 103 cm³/mol. The smallest absolute Gasteiger partial charge is 0.328 e. The number of hydrogen-bond donors (Lipinski definition) is 0. The van der Waals surface area contributed by atoms with Gasteiger partial charge in [-0.05, 0) is 37.3 Å². The number of nitrogens with zero attached hydrogens (tertiary/aromatic N) is 3. The maximum Gasteiger partial charge on any atom is 0.328 e. The zero-order valence-corrected chi connectivity index (χ0v) is 15.8. The van der Waals surface area contributed by atoms with Gasteiger partial charge in [0.25, 0.3) is 0 Å². The van der Waals surface area contributed by atoms with E-state index in [0.717, 1.165) is 16.7 Å². The molecule has 0 radical (unpaired) electrons. The number of pyridine rings is 1. The summed E-state index contributed by atoms with van der Waals surface area (Å²) < 4.78 is 18.0. The molecular formula is C21H21N3O4. The van der Waals surface area contributed by atoms with Crippen LogP contribution in [0.3, 0.4) is 0 Å². The zero-order chi connectivity index (χ0) is 19.9. The van der Waals surface area contributed by atoms with E-state index in [1.807, 2.05) is 41.1 Å². The Hall–Kier alpha value is -3.53. The lowest BCUT2D eigenvalue weighted by Crippen LogP contribution is -2.16. The topological polar surface area (TPSA) is 86.4 Å². The Bertz CT molecular complexity index is 989. The molecule has 7 nitrogen and oxygen atoms in total. The normalized spacial score (nSPS) is 11.6. The molecule has 1 atom stereocenters. The van der Waals surface area contributed by atoms with Crippen molar-refractivity contribution in [2.75, 3.05) is 20.3 Å². The van der Waals surface area contributed by atoms with Gasteiger partial charge in [-0.3, -0.25) is 0 Å². The number of fused-ring (bicyclic) bond motifs is 1. The van der Waals surface area contributed by atoms with E-state index in [9.17, 15) is 4.79 Å². The van der Waals surface area contributed by atoms with E-state index in [-0.39, 0.29) is 12.0 Å². The monoisotopic (exact) mass is 379 g/mol. The van der Waals surface area contributed by atoms with Crippen LogP contribution in [0.25, 0.3) is 10.9 Å². The minimum absolute atomic E-state index is 0.283. The summed E-state index contributed by atoms with van der Waals surface area (Å²) in [6, 6.07) is 12.7. The van der Waals surface area contributed by atoms with Gasteiger partial charge in [0, 0.05) is 35.8 Å². The molecule has 0 aliphatic rings. The molecule has 0 saturated heterocycles. The molecule has 2 heterocycles. The molecule has 0 fully saturated rings. The molecule has 0 N–H and O–H groups in total. The molecule has 1 unspecified atom stereocenters. The maximum absolute atomic E-state index is 11.8. The second-order valence-electron chi connectivity index (χ2n) is 6.19. The number of rotatable bonds is 8. The molecule has 144 valence electrons. The molecule has 1 aromatic carbocycles. The van der Waals surface area contributed by atoms with Crippen molar-refractivity contribution in [1.29, 1.82) is 5.26 Å². The van der Waals surface area contributed by atoms with Crippen molar-refractivity contribution in [1.82, 2.24) is 9.55 Å². The van der Waals surface area contributed by atoms with Gasteiger partial charge in [-0.25, -0.2) is 9.78 Å². The number of hydrogen-bond acceptors (Lipinski definition) is 6. The molecule has 3 aromatic rings. The lowest BCUT2D eigenvalue weighted by atomic mass is 10.2. The molecule has 0 bridgehead atoms. The Morgan fingerprint density at radius 1 is 1.21 bits per heavy atom. The summed E-state index contributed by atoms with van der Waals surface area (Å²) in [6.07, 6.45) is 4.04. The van der Waals surface area contributed by atoms with Crippen LogP contribution in [0.4, 0.5) is 0 Å². The summed E-state index contributed by atoms with van der Waals surface area (Å²) in [5.74, 6) is 0.962. The van der Waals surface area contributed by atoms with Gasteiger partial charge in [-0.2, -0.15) is 5.26 Å². The van der Waals surface area contributed by atoms with E-state index in [1.54, 1.807) is 19.1 Å². The van der Waals surface area contributed by atoms with Crippen molar-refractivity contribution in [3.63, 3.8) is 0 Å². The first-order valence-electron chi connectivity index (χ1n) is 8.92. The summed E-state index contributed by atoms with van der Waals surface area (Å²) in [4.78, 5) is 15.8. The average Bonchev–Trinajstić information content (AvgIpc) is 3.16. The van der Waals surface area contributed by atoms with Gasteiger partial charge in [0.2, 0.25) is 5.88 Å². The van der Waals surface area contributed by atoms with Gasteiger partial charge in [0.15, 0.2) is 0 Å². The zero-order valence-electron chi connectivity index (χ0n) is 15.8. The van der Waals surface area contributed by atoms with Crippen molar-refractivity contribution in [3.05, 3.63) is 54.4 Å². The minimum atomic E-state index is -0.387. The molecule has 0 spiro atoms. The Kier molecular flexibility index (Phi) is 6.12. The number of ether oxygens (including phenoxy) is 3. The first-order chi connectivity index (χ1) is 13.6. The summed E-state index contributed by atoms with van der Waals surface area (Å²) >= 11 is 0. The number of nitriles is 1. The number of carbonyl (C=O) groups excluding carboxylic acids is 1. The third-order valence-electron chi connectivity index (χ3n) is 4.32. The number of carbonyl (C=O) groups is 1. The first kappa shape index (κ1) is 19.2. The summed E-state index contributed by atoms with van der Waals surface area (Å²) in [7, 11) is 1.39. The van der Waals surface area contributed by atoms with Crippen LogP contribution in [0, 0.1) is 11.3 Å². The molecule has 7 heteroatoms.